The van der Waals surface area contributed by atoms with Gasteiger partial charge in [0, 0.05) is 7.11 Å². The highest BCUT2D eigenvalue weighted by molar-refractivity contribution is 9.11. The molecule has 1 aliphatic carbocycles. The smallest absolute Gasteiger partial charge is 0.147 e. The van der Waals surface area contributed by atoms with E-state index in [0.717, 1.165) is 12.8 Å². The fourth-order valence-electron chi connectivity index (χ4n) is 1.82. The van der Waals surface area contributed by atoms with Crippen LogP contribution in [0.4, 0.5) is 0 Å². The lowest BCUT2D eigenvalue weighted by atomic mass is 10.0. The van der Waals surface area contributed by atoms with Crippen molar-refractivity contribution in [2.75, 3.05) is 13.9 Å². The van der Waals surface area contributed by atoms with Gasteiger partial charge in [0.2, 0.25) is 0 Å². The Balaban J connectivity index is 2.66. The van der Waals surface area contributed by atoms with E-state index in [-0.39, 0.29) is 6.10 Å². The van der Waals surface area contributed by atoms with Gasteiger partial charge in [0.25, 0.3) is 0 Å². The summed E-state index contributed by atoms with van der Waals surface area (Å²) in [5.74, 6) is 0. The molecule has 0 radical (unpaired) electrons. The van der Waals surface area contributed by atoms with Crippen molar-refractivity contribution in [1.29, 1.82) is 0 Å². The molecule has 0 aromatic heterocycles. The first-order valence-electron chi connectivity index (χ1n) is 5.40. The van der Waals surface area contributed by atoms with Crippen molar-refractivity contribution in [3.8, 4) is 0 Å². The van der Waals surface area contributed by atoms with E-state index in [1.807, 2.05) is 6.08 Å². The van der Waals surface area contributed by atoms with Crippen molar-refractivity contribution in [3.63, 3.8) is 0 Å². The molecule has 0 aromatic carbocycles. The van der Waals surface area contributed by atoms with E-state index in [4.69, 9.17) is 9.47 Å². The summed E-state index contributed by atoms with van der Waals surface area (Å²) in [6, 6.07) is 0. The molecule has 0 saturated carbocycles. The second-order valence-corrected chi connectivity index (χ2v) is 4.68. The Morgan fingerprint density at radius 3 is 2.80 bits per heavy atom. The molecule has 0 fully saturated rings. The Hall–Kier alpha value is -0.120. The van der Waals surface area contributed by atoms with Crippen LogP contribution in [-0.2, 0) is 9.47 Å². The predicted octanol–water partition coefficient (Wildman–Crippen LogP) is 3.77. The number of ether oxygens (including phenoxy) is 2. The molecule has 0 aromatic rings. The summed E-state index contributed by atoms with van der Waals surface area (Å²) in [6.45, 7) is 4.14. The number of halogens is 1. The minimum Gasteiger partial charge on any atom is -0.359 e. The van der Waals surface area contributed by atoms with Gasteiger partial charge in [-0.2, -0.15) is 0 Å². The average molecular weight is 275 g/mol. The fourth-order valence-corrected chi connectivity index (χ4v) is 2.52. The van der Waals surface area contributed by atoms with Crippen molar-refractivity contribution >= 4 is 15.9 Å². The quantitative estimate of drug-likeness (QED) is 0.561. The molecule has 86 valence electrons. The molecule has 2 nitrogen and oxygen atoms in total. The first-order chi connectivity index (χ1) is 7.29. The van der Waals surface area contributed by atoms with Gasteiger partial charge in [0.05, 0.1) is 0 Å². The van der Waals surface area contributed by atoms with Crippen molar-refractivity contribution in [2.24, 2.45) is 0 Å². The lowest BCUT2D eigenvalue weighted by Gasteiger charge is -2.18. The van der Waals surface area contributed by atoms with Crippen LogP contribution < -0.4 is 0 Å². The number of hydrogen-bond acceptors (Lipinski definition) is 2. The zero-order valence-corrected chi connectivity index (χ0v) is 10.9. The highest BCUT2D eigenvalue weighted by Crippen LogP contribution is 2.31. The van der Waals surface area contributed by atoms with Crippen LogP contribution in [0.25, 0.3) is 0 Å². The number of allylic oxidation sites excluding steroid dienone is 1. The van der Waals surface area contributed by atoms with Crippen LogP contribution in [0.2, 0.25) is 0 Å². The second kappa shape index (κ2) is 7.20. The zero-order chi connectivity index (χ0) is 11.1. The van der Waals surface area contributed by atoms with Crippen LogP contribution in [0, 0.1) is 0 Å². The van der Waals surface area contributed by atoms with Crippen LogP contribution >= 0.6 is 15.9 Å². The van der Waals surface area contributed by atoms with Crippen molar-refractivity contribution < 1.29 is 9.47 Å². The maximum atomic E-state index is 5.58. The maximum Gasteiger partial charge on any atom is 0.147 e. The van der Waals surface area contributed by atoms with Crippen LogP contribution in [0.15, 0.2) is 22.7 Å². The molecule has 1 rings (SSSR count). The molecule has 3 heteroatoms. The molecule has 0 bridgehead atoms. The lowest BCUT2D eigenvalue weighted by Crippen LogP contribution is -2.15. The third kappa shape index (κ3) is 4.09. The Labute approximate surface area is 100 Å². The Bertz CT molecular complexity index is 236. The first kappa shape index (κ1) is 12.9. The fraction of sp³-hybridized carbons (Fsp3) is 0.667. The molecule has 0 saturated heterocycles. The largest absolute Gasteiger partial charge is 0.359 e. The molecule has 0 aliphatic heterocycles. The van der Waals surface area contributed by atoms with Crippen molar-refractivity contribution in [3.05, 3.63) is 22.7 Å². The van der Waals surface area contributed by atoms with Gasteiger partial charge in [-0.1, -0.05) is 28.4 Å². The summed E-state index contributed by atoms with van der Waals surface area (Å²) in [5.41, 5.74) is 1.33. The highest BCUT2D eigenvalue weighted by atomic mass is 79.9. The second-order valence-electron chi connectivity index (χ2n) is 3.72. The van der Waals surface area contributed by atoms with Gasteiger partial charge in [0.15, 0.2) is 0 Å². The van der Waals surface area contributed by atoms with E-state index in [1.54, 1.807) is 7.11 Å². The topological polar surface area (TPSA) is 18.5 Å². The zero-order valence-electron chi connectivity index (χ0n) is 9.30. The van der Waals surface area contributed by atoms with E-state index in [2.05, 4.69) is 22.5 Å². The van der Waals surface area contributed by atoms with Gasteiger partial charge < -0.3 is 9.47 Å². The Morgan fingerprint density at radius 2 is 2.13 bits per heavy atom. The van der Waals surface area contributed by atoms with Gasteiger partial charge in [-0.25, -0.2) is 0 Å². The SMILES string of the molecule is C=CC(OCOC)C1=C(Br)CCCCC1. The molecule has 0 amide bonds. The normalized spacial score (nSPS) is 19.9. The van der Waals surface area contributed by atoms with Crippen LogP contribution in [0.5, 0.6) is 0 Å². The molecule has 0 heterocycles. The molecule has 1 aliphatic rings. The number of rotatable bonds is 5. The van der Waals surface area contributed by atoms with Gasteiger partial charge in [-0.05, 0) is 35.7 Å². The molecule has 1 atom stereocenters. The van der Waals surface area contributed by atoms with E-state index < -0.39 is 0 Å². The third-order valence-corrected chi connectivity index (χ3v) is 3.52. The first-order valence-corrected chi connectivity index (χ1v) is 6.19. The Kier molecular flexibility index (Phi) is 6.22. The van der Waals surface area contributed by atoms with Gasteiger partial charge in [-0.3, -0.25) is 0 Å². The Morgan fingerprint density at radius 1 is 1.40 bits per heavy atom. The van der Waals surface area contributed by atoms with Crippen LogP contribution in [-0.4, -0.2) is 20.0 Å². The predicted molar refractivity (Wildman–Crippen MR) is 66.0 cm³/mol. The van der Waals surface area contributed by atoms with E-state index in [9.17, 15) is 0 Å². The summed E-state index contributed by atoms with van der Waals surface area (Å²) >= 11 is 3.65. The molecule has 15 heavy (non-hydrogen) atoms. The summed E-state index contributed by atoms with van der Waals surface area (Å²) < 4.78 is 11.8. The molecule has 1 unspecified atom stereocenters. The summed E-state index contributed by atoms with van der Waals surface area (Å²) in [6.07, 6.45) is 7.87. The number of hydrogen-bond donors (Lipinski definition) is 0. The highest BCUT2D eigenvalue weighted by Gasteiger charge is 2.17. The van der Waals surface area contributed by atoms with E-state index in [1.165, 1.54) is 29.3 Å². The molecule has 0 spiro atoms. The minimum absolute atomic E-state index is 0.00238. The summed E-state index contributed by atoms with van der Waals surface area (Å²) in [5, 5.41) is 0. The van der Waals surface area contributed by atoms with Crippen LogP contribution in [0.1, 0.15) is 32.1 Å². The summed E-state index contributed by atoms with van der Waals surface area (Å²) in [7, 11) is 1.64. The van der Waals surface area contributed by atoms with Crippen LogP contribution in [0.3, 0.4) is 0 Å². The lowest BCUT2D eigenvalue weighted by molar-refractivity contribution is -0.0451. The molecule has 0 N–H and O–H groups in total. The van der Waals surface area contributed by atoms with Gasteiger partial charge in [-0.15, -0.1) is 6.58 Å². The molecular weight excluding hydrogens is 256 g/mol. The van der Waals surface area contributed by atoms with E-state index in [0.29, 0.717) is 6.79 Å². The van der Waals surface area contributed by atoms with Crippen molar-refractivity contribution in [1.82, 2.24) is 0 Å². The standard InChI is InChI=1S/C12H19BrO2/c1-3-12(15-9-14-2)10-7-5-4-6-8-11(10)13/h3,12H,1,4-9H2,2H3. The van der Waals surface area contributed by atoms with E-state index >= 15 is 0 Å². The summed E-state index contributed by atoms with van der Waals surface area (Å²) in [4.78, 5) is 0. The van der Waals surface area contributed by atoms with Gasteiger partial charge >= 0.3 is 0 Å². The monoisotopic (exact) mass is 274 g/mol. The maximum absolute atomic E-state index is 5.58. The third-order valence-electron chi connectivity index (χ3n) is 2.61. The average Bonchev–Trinajstić information content (AvgIpc) is 2.45. The number of methoxy groups -OCH3 is 1. The van der Waals surface area contributed by atoms with Crippen molar-refractivity contribution in [2.45, 2.75) is 38.2 Å². The van der Waals surface area contributed by atoms with Gasteiger partial charge in [0.1, 0.15) is 12.9 Å². The minimum atomic E-state index is -0.00238. The molecular formula is C12H19BrO2.